The fraction of sp³-hybridized carbons (Fsp3) is 0.0417. The molecule has 1 heterocycles. The third-order valence-corrected chi connectivity index (χ3v) is 5.45. The highest BCUT2D eigenvalue weighted by molar-refractivity contribution is 6.36. The predicted octanol–water partition coefficient (Wildman–Crippen LogP) is 3.10. The molecule has 0 spiro atoms. The van der Waals surface area contributed by atoms with Gasteiger partial charge in [0.1, 0.15) is 12.9 Å². The number of hydrazone groups is 1. The molecule has 3 amide bonds. The Hall–Kier alpha value is -4.30. The van der Waals surface area contributed by atoms with Gasteiger partial charge in [-0.3, -0.25) is 29.0 Å². The molecule has 0 atom stereocenters. The van der Waals surface area contributed by atoms with E-state index in [2.05, 4.69) is 5.10 Å². The zero-order valence-corrected chi connectivity index (χ0v) is 17.9. The van der Waals surface area contributed by atoms with Crippen LogP contribution in [0.5, 0.6) is 0 Å². The molecule has 0 radical (unpaired) electrons. The largest absolute Gasteiger partial charge is 0.322 e. The Balaban J connectivity index is 1.70. The molecule has 164 valence electrons. The van der Waals surface area contributed by atoms with Crippen LogP contribution in [0.1, 0.15) is 36.6 Å². The first kappa shape index (κ1) is 21.9. The number of amides is 3. The summed E-state index contributed by atoms with van der Waals surface area (Å²) in [5, 5.41) is 3.54. The minimum atomic E-state index is -0.705. The van der Waals surface area contributed by atoms with Crippen LogP contribution in [0.3, 0.4) is 0 Å². The van der Waals surface area contributed by atoms with Gasteiger partial charge in [0, 0.05) is 5.56 Å². The maximum absolute atomic E-state index is 13.2. The number of carbonyl (C=O) groups is 4. The molecule has 1 aliphatic heterocycles. The van der Waals surface area contributed by atoms with Gasteiger partial charge in [0.15, 0.2) is 5.78 Å². The number of carbonyl (C=O) groups excluding carboxylic acids is 4. The molecule has 3 aromatic rings. The van der Waals surface area contributed by atoms with Gasteiger partial charge in [0.25, 0.3) is 17.7 Å². The second-order valence-electron chi connectivity index (χ2n) is 7.10. The predicted molar refractivity (Wildman–Crippen MR) is 123 cm³/mol. The molecule has 0 fully saturated rings. The number of ketones is 1. The van der Waals surface area contributed by atoms with Gasteiger partial charge in [-0.15, -0.1) is 0 Å². The lowest BCUT2D eigenvalue weighted by Gasteiger charge is -2.23. The number of anilines is 1. The minimum absolute atomic E-state index is 0.0565. The molecule has 4 rings (SSSR count). The zero-order chi connectivity index (χ0) is 23.5. The van der Waals surface area contributed by atoms with Crippen molar-refractivity contribution in [1.29, 1.82) is 0 Å². The third-order valence-electron chi connectivity index (χ3n) is 5.14. The molecule has 33 heavy (non-hydrogen) atoms. The number of halogens is 1. The molecular formula is C24H17ClN4O4. The Bertz CT molecular complexity index is 1270. The number of imide groups is 1. The average molecular weight is 461 g/mol. The molecule has 2 N–H and O–H groups in total. The summed E-state index contributed by atoms with van der Waals surface area (Å²) >= 11 is 6.35. The highest BCUT2D eigenvalue weighted by atomic mass is 35.5. The zero-order valence-electron chi connectivity index (χ0n) is 17.1. The molecular weight excluding hydrogens is 444 g/mol. The summed E-state index contributed by atoms with van der Waals surface area (Å²) in [6, 6.07) is 19.3. The minimum Gasteiger partial charge on any atom is -0.322 e. The first-order chi connectivity index (χ1) is 15.9. The van der Waals surface area contributed by atoms with Crippen LogP contribution in [-0.4, -0.2) is 41.3 Å². The molecule has 8 nitrogen and oxygen atoms in total. The number of hydrogen-bond donors (Lipinski definition) is 1. The summed E-state index contributed by atoms with van der Waals surface area (Å²) in [4.78, 5) is 53.6. The van der Waals surface area contributed by atoms with Crippen molar-refractivity contribution in [3.05, 3.63) is 100 Å². The van der Waals surface area contributed by atoms with Crippen LogP contribution in [0.2, 0.25) is 5.02 Å². The highest BCUT2D eigenvalue weighted by Gasteiger charge is 2.37. The first-order valence-corrected chi connectivity index (χ1v) is 10.2. The summed E-state index contributed by atoms with van der Waals surface area (Å²) in [6.45, 7) is -0.580. The van der Waals surface area contributed by atoms with Crippen LogP contribution in [0.25, 0.3) is 0 Å². The van der Waals surface area contributed by atoms with E-state index in [0.29, 0.717) is 5.56 Å². The van der Waals surface area contributed by atoms with Crippen molar-refractivity contribution < 1.29 is 19.2 Å². The second kappa shape index (κ2) is 9.05. The highest BCUT2D eigenvalue weighted by Crippen LogP contribution is 2.30. The van der Waals surface area contributed by atoms with Crippen LogP contribution in [-0.2, 0) is 4.79 Å². The van der Waals surface area contributed by atoms with Gasteiger partial charge in [-0.2, -0.15) is 5.10 Å². The van der Waals surface area contributed by atoms with Gasteiger partial charge in [0.05, 0.1) is 27.4 Å². The van der Waals surface area contributed by atoms with Gasteiger partial charge in [0.2, 0.25) is 0 Å². The number of nitrogens with two attached hydrogens (primary N) is 1. The van der Waals surface area contributed by atoms with E-state index in [1.165, 1.54) is 24.3 Å². The molecule has 9 heteroatoms. The van der Waals surface area contributed by atoms with Crippen molar-refractivity contribution in [2.75, 3.05) is 11.4 Å². The number of nitrogens with zero attached hydrogens (tertiary/aromatic N) is 3. The summed E-state index contributed by atoms with van der Waals surface area (Å²) in [7, 11) is 0. The summed E-state index contributed by atoms with van der Waals surface area (Å²) in [6.07, 6.45) is 1.01. The van der Waals surface area contributed by atoms with Crippen molar-refractivity contribution in [3.8, 4) is 0 Å². The fourth-order valence-corrected chi connectivity index (χ4v) is 3.85. The van der Waals surface area contributed by atoms with Crippen LogP contribution in [0.15, 0.2) is 77.9 Å². The molecule has 0 aliphatic carbocycles. The maximum atomic E-state index is 13.2. The van der Waals surface area contributed by atoms with E-state index < -0.39 is 30.0 Å². The van der Waals surface area contributed by atoms with Gasteiger partial charge >= 0.3 is 0 Å². The van der Waals surface area contributed by atoms with E-state index in [1.54, 1.807) is 48.5 Å². The van der Waals surface area contributed by atoms with Crippen LogP contribution in [0, 0.1) is 0 Å². The normalized spacial score (nSPS) is 12.8. The van der Waals surface area contributed by atoms with Crippen LogP contribution in [0.4, 0.5) is 5.69 Å². The van der Waals surface area contributed by atoms with Gasteiger partial charge in [-0.25, -0.2) is 0 Å². The lowest BCUT2D eigenvalue weighted by Crippen LogP contribution is -2.43. The van der Waals surface area contributed by atoms with E-state index in [9.17, 15) is 19.2 Å². The Morgan fingerprint density at radius 1 is 0.909 bits per heavy atom. The van der Waals surface area contributed by atoms with E-state index >= 15 is 0 Å². The number of hydrogen-bond acceptors (Lipinski definition) is 6. The quantitative estimate of drug-likeness (QED) is 0.152. The Morgan fingerprint density at radius 2 is 1.52 bits per heavy atom. The van der Waals surface area contributed by atoms with E-state index in [-0.39, 0.29) is 27.4 Å². The third kappa shape index (κ3) is 3.99. The lowest BCUT2D eigenvalue weighted by atomic mass is 10.0. The number of benzene rings is 3. The van der Waals surface area contributed by atoms with E-state index in [4.69, 9.17) is 17.4 Å². The van der Waals surface area contributed by atoms with Gasteiger partial charge in [-0.1, -0.05) is 60.1 Å². The maximum Gasteiger partial charge on any atom is 0.262 e. The second-order valence-corrected chi connectivity index (χ2v) is 7.51. The SMILES string of the molecule is NN=CN(C(=O)CN1C(=O)c2ccccc2C1=O)c1cccc(Cl)c1C(=O)c1ccccc1. The van der Waals surface area contributed by atoms with Crippen molar-refractivity contribution in [2.24, 2.45) is 10.9 Å². The molecule has 0 saturated heterocycles. The topological polar surface area (TPSA) is 113 Å². The van der Waals surface area contributed by atoms with Gasteiger partial charge in [-0.05, 0) is 24.3 Å². The number of fused-ring (bicyclic) bond motifs is 1. The molecule has 0 saturated carbocycles. The Kier molecular flexibility index (Phi) is 6.01. The molecule has 3 aromatic carbocycles. The molecule has 0 unspecified atom stereocenters. The summed E-state index contributed by atoms with van der Waals surface area (Å²) in [5.74, 6) is 3.03. The average Bonchev–Trinajstić information content (AvgIpc) is 3.07. The van der Waals surface area contributed by atoms with Crippen molar-refractivity contribution in [1.82, 2.24) is 4.90 Å². The van der Waals surface area contributed by atoms with Crippen LogP contribution < -0.4 is 10.7 Å². The van der Waals surface area contributed by atoms with Gasteiger partial charge < -0.3 is 5.84 Å². The smallest absolute Gasteiger partial charge is 0.262 e. The standard InChI is InChI=1S/C24H17ClN4O4/c25-18-11-6-12-19(21(18)22(31)15-7-2-1-3-8-15)29(14-27-26)20(30)13-28-23(32)16-9-4-5-10-17(16)24(28)33/h1-12,14H,13,26H2. The monoisotopic (exact) mass is 460 g/mol. The lowest BCUT2D eigenvalue weighted by molar-refractivity contribution is -0.118. The Morgan fingerprint density at radius 3 is 2.12 bits per heavy atom. The molecule has 1 aliphatic rings. The summed E-state index contributed by atoms with van der Waals surface area (Å²) < 4.78 is 0. The first-order valence-electron chi connectivity index (χ1n) is 9.83. The van der Waals surface area contributed by atoms with Crippen LogP contribution >= 0.6 is 11.6 Å². The fourth-order valence-electron chi connectivity index (χ4n) is 3.59. The van der Waals surface area contributed by atoms with E-state index in [1.807, 2.05) is 0 Å². The molecule has 0 aromatic heterocycles. The number of rotatable bonds is 6. The summed E-state index contributed by atoms with van der Waals surface area (Å²) in [5.41, 5.74) is 0.978. The Labute approximate surface area is 193 Å². The van der Waals surface area contributed by atoms with Crippen molar-refractivity contribution >= 4 is 47.1 Å². The van der Waals surface area contributed by atoms with Crippen molar-refractivity contribution in [3.63, 3.8) is 0 Å². The molecule has 0 bridgehead atoms. The van der Waals surface area contributed by atoms with Crippen molar-refractivity contribution in [2.45, 2.75) is 0 Å². The van der Waals surface area contributed by atoms with E-state index in [0.717, 1.165) is 16.1 Å².